The molecule has 0 aliphatic rings. The lowest BCUT2D eigenvalue weighted by molar-refractivity contribution is 1.18. The maximum atomic E-state index is 2.41. The van der Waals surface area contributed by atoms with E-state index < -0.39 is 0 Å². The Labute approximate surface area is 362 Å². The summed E-state index contributed by atoms with van der Waals surface area (Å²) in [6.07, 6.45) is 0. The zero-order chi connectivity index (χ0) is 41.2. The molecule has 2 nitrogen and oxygen atoms in total. The number of nitrogens with zero attached hydrogens (tertiary/aromatic N) is 2. The van der Waals surface area contributed by atoms with Crippen LogP contribution in [-0.4, -0.2) is 4.57 Å². The fraction of sp³-hybridized carbons (Fsp3) is 0. The Kier molecular flexibility index (Phi) is 9.57. The first-order chi connectivity index (χ1) is 30.7. The van der Waals surface area contributed by atoms with Crippen LogP contribution in [0.15, 0.2) is 255 Å². The van der Waals surface area contributed by atoms with Crippen molar-refractivity contribution in [1.29, 1.82) is 0 Å². The van der Waals surface area contributed by atoms with Crippen LogP contribution in [0.5, 0.6) is 0 Å². The van der Waals surface area contributed by atoms with Gasteiger partial charge in [0.1, 0.15) is 0 Å². The minimum absolute atomic E-state index is 1.08. The second-order valence-electron chi connectivity index (χ2n) is 15.8. The summed E-state index contributed by atoms with van der Waals surface area (Å²) in [6, 6.07) is 92.1. The third kappa shape index (κ3) is 6.94. The van der Waals surface area contributed by atoms with E-state index in [2.05, 4.69) is 264 Å². The number of fused-ring (bicyclic) bond motifs is 3. The maximum absolute atomic E-state index is 2.41. The molecule has 11 rings (SSSR count). The van der Waals surface area contributed by atoms with E-state index in [-0.39, 0.29) is 0 Å². The molecule has 10 aromatic carbocycles. The summed E-state index contributed by atoms with van der Waals surface area (Å²) in [5.74, 6) is 0. The van der Waals surface area contributed by atoms with Crippen LogP contribution < -0.4 is 4.90 Å². The fourth-order valence-corrected chi connectivity index (χ4v) is 9.04. The van der Waals surface area contributed by atoms with E-state index in [1.54, 1.807) is 0 Å². The number of rotatable bonds is 9. The van der Waals surface area contributed by atoms with Gasteiger partial charge in [-0.3, -0.25) is 0 Å². The van der Waals surface area contributed by atoms with Gasteiger partial charge in [0.05, 0.1) is 11.0 Å². The molecule has 0 fully saturated rings. The average Bonchev–Trinajstić information content (AvgIpc) is 3.70. The van der Waals surface area contributed by atoms with Gasteiger partial charge < -0.3 is 9.47 Å². The van der Waals surface area contributed by atoms with Gasteiger partial charge in [0.15, 0.2) is 0 Å². The van der Waals surface area contributed by atoms with E-state index in [0.717, 1.165) is 45.0 Å². The second kappa shape index (κ2) is 16.1. The lowest BCUT2D eigenvalue weighted by atomic mass is 9.95. The predicted octanol–water partition coefficient (Wildman–Crippen LogP) is 16.6. The van der Waals surface area contributed by atoms with Crippen LogP contribution in [-0.2, 0) is 0 Å². The van der Waals surface area contributed by atoms with Gasteiger partial charge in [0.25, 0.3) is 0 Å². The normalized spacial score (nSPS) is 11.2. The Hall–Kier alpha value is -8.20. The number of hydrogen-bond acceptors (Lipinski definition) is 1. The molecule has 1 heterocycles. The van der Waals surface area contributed by atoms with Gasteiger partial charge in [0, 0.05) is 33.5 Å². The Balaban J connectivity index is 1.07. The summed E-state index contributed by atoms with van der Waals surface area (Å²) in [5.41, 5.74) is 18.6. The predicted molar refractivity (Wildman–Crippen MR) is 263 cm³/mol. The monoisotopic (exact) mass is 790 g/mol. The summed E-state index contributed by atoms with van der Waals surface area (Å²) in [7, 11) is 0. The van der Waals surface area contributed by atoms with Crippen molar-refractivity contribution in [2.75, 3.05) is 4.90 Å². The van der Waals surface area contributed by atoms with Crippen molar-refractivity contribution in [3.8, 4) is 61.3 Å². The van der Waals surface area contributed by atoms with Crippen molar-refractivity contribution in [2.24, 2.45) is 0 Å². The highest BCUT2D eigenvalue weighted by molar-refractivity contribution is 6.16. The van der Waals surface area contributed by atoms with Crippen LogP contribution in [0.4, 0.5) is 17.1 Å². The van der Waals surface area contributed by atoms with Crippen LogP contribution in [0.2, 0.25) is 0 Å². The molecule has 0 unspecified atom stereocenters. The topological polar surface area (TPSA) is 8.17 Å². The van der Waals surface area contributed by atoms with E-state index >= 15 is 0 Å². The molecule has 0 spiro atoms. The third-order valence-corrected chi connectivity index (χ3v) is 11.9. The Morgan fingerprint density at radius 3 is 1.27 bits per heavy atom. The first-order valence-electron chi connectivity index (χ1n) is 21.3. The molecule has 62 heavy (non-hydrogen) atoms. The zero-order valence-corrected chi connectivity index (χ0v) is 34.1. The van der Waals surface area contributed by atoms with Crippen molar-refractivity contribution >= 4 is 38.9 Å². The van der Waals surface area contributed by atoms with E-state index in [4.69, 9.17) is 0 Å². The highest BCUT2D eigenvalue weighted by Gasteiger charge is 2.19. The third-order valence-electron chi connectivity index (χ3n) is 11.9. The SMILES string of the molecule is c1ccc(-c2cccc(N(c3cccc(-c4cccc(-c5cccc6c5c5ccccc5n6-c5ccccc5)c4)c3)c3cc(-c4ccccc4)cc(-c4ccccc4)c3)c2)cc1. The number of anilines is 3. The largest absolute Gasteiger partial charge is 0.310 e. The molecule has 0 aliphatic heterocycles. The van der Waals surface area contributed by atoms with Gasteiger partial charge in [-0.25, -0.2) is 0 Å². The van der Waals surface area contributed by atoms with Crippen molar-refractivity contribution in [3.63, 3.8) is 0 Å². The van der Waals surface area contributed by atoms with Crippen molar-refractivity contribution < 1.29 is 0 Å². The molecular formula is C60H42N2. The minimum atomic E-state index is 1.08. The van der Waals surface area contributed by atoms with Crippen LogP contribution in [0.25, 0.3) is 83.1 Å². The molecule has 11 aromatic rings. The van der Waals surface area contributed by atoms with E-state index in [1.807, 2.05) is 0 Å². The molecule has 0 saturated carbocycles. The minimum Gasteiger partial charge on any atom is -0.310 e. The van der Waals surface area contributed by atoms with Crippen LogP contribution >= 0.6 is 0 Å². The van der Waals surface area contributed by atoms with Crippen molar-refractivity contribution in [2.45, 2.75) is 0 Å². The van der Waals surface area contributed by atoms with Crippen molar-refractivity contribution in [1.82, 2.24) is 4.57 Å². The quantitative estimate of drug-likeness (QED) is 0.141. The Bertz CT molecular complexity index is 3270. The molecule has 0 N–H and O–H groups in total. The molecule has 0 atom stereocenters. The molecule has 292 valence electrons. The Morgan fingerprint density at radius 1 is 0.258 bits per heavy atom. The van der Waals surface area contributed by atoms with Gasteiger partial charge in [-0.2, -0.15) is 0 Å². The lowest BCUT2D eigenvalue weighted by Crippen LogP contribution is -2.10. The highest BCUT2D eigenvalue weighted by atomic mass is 15.1. The summed E-state index contributed by atoms with van der Waals surface area (Å²) >= 11 is 0. The molecule has 0 amide bonds. The highest BCUT2D eigenvalue weighted by Crippen LogP contribution is 2.43. The van der Waals surface area contributed by atoms with E-state index in [1.165, 1.54) is 55.2 Å². The molecule has 1 aromatic heterocycles. The maximum Gasteiger partial charge on any atom is 0.0547 e. The smallest absolute Gasteiger partial charge is 0.0547 e. The molecule has 0 saturated heterocycles. The zero-order valence-electron chi connectivity index (χ0n) is 34.1. The summed E-state index contributed by atoms with van der Waals surface area (Å²) in [5, 5.41) is 2.50. The van der Waals surface area contributed by atoms with E-state index in [0.29, 0.717) is 0 Å². The van der Waals surface area contributed by atoms with Gasteiger partial charge in [-0.1, -0.05) is 182 Å². The number of benzene rings is 10. The summed E-state index contributed by atoms with van der Waals surface area (Å²) in [4.78, 5) is 2.41. The number of aromatic nitrogens is 1. The van der Waals surface area contributed by atoms with Crippen LogP contribution in [0.1, 0.15) is 0 Å². The van der Waals surface area contributed by atoms with Gasteiger partial charge in [0.2, 0.25) is 0 Å². The van der Waals surface area contributed by atoms with Gasteiger partial charge in [-0.05, 0) is 128 Å². The summed E-state index contributed by atoms with van der Waals surface area (Å²) < 4.78 is 2.39. The molecule has 2 heteroatoms. The second-order valence-corrected chi connectivity index (χ2v) is 15.8. The van der Waals surface area contributed by atoms with Gasteiger partial charge in [-0.15, -0.1) is 0 Å². The molecule has 0 bridgehead atoms. The number of hydrogen-bond donors (Lipinski definition) is 0. The van der Waals surface area contributed by atoms with Gasteiger partial charge >= 0.3 is 0 Å². The Morgan fingerprint density at radius 2 is 0.661 bits per heavy atom. The van der Waals surface area contributed by atoms with E-state index in [9.17, 15) is 0 Å². The first kappa shape index (κ1) is 36.8. The van der Waals surface area contributed by atoms with Crippen molar-refractivity contribution in [3.05, 3.63) is 255 Å². The number of para-hydroxylation sites is 2. The van der Waals surface area contributed by atoms with Crippen LogP contribution in [0, 0.1) is 0 Å². The fourth-order valence-electron chi connectivity index (χ4n) is 9.04. The average molecular weight is 791 g/mol. The molecule has 0 radical (unpaired) electrons. The first-order valence-corrected chi connectivity index (χ1v) is 21.3. The molecule has 0 aliphatic carbocycles. The lowest BCUT2D eigenvalue weighted by Gasteiger charge is -2.28. The summed E-state index contributed by atoms with van der Waals surface area (Å²) in [6.45, 7) is 0. The van der Waals surface area contributed by atoms with Crippen LogP contribution in [0.3, 0.4) is 0 Å². The molecular weight excluding hydrogens is 749 g/mol. The standard InChI is InChI=1S/C60H42N2/c1-5-19-43(20-6-1)47-26-16-31-53(39-47)61(55-41-50(44-21-7-2-8-22-44)38-51(42-55)45-23-9-3-10-24-45)54-32-17-27-48(40-54)46-25-15-28-49(37-46)56-34-18-36-59-60(56)57-33-13-14-35-58(57)62(59)52-29-11-4-12-30-52/h1-42H.